The van der Waals surface area contributed by atoms with E-state index in [-0.39, 0.29) is 12.5 Å². The number of hydrogen-bond donors (Lipinski definition) is 1. The molecule has 0 spiro atoms. The fourth-order valence-electron chi connectivity index (χ4n) is 3.45. The number of amides is 1. The molecular formula is C22H24N4O2S. The zero-order valence-electron chi connectivity index (χ0n) is 16.2. The number of carbonyl (C=O) groups excluding carboxylic acids is 1. The third-order valence-corrected chi connectivity index (χ3v) is 6.01. The summed E-state index contributed by atoms with van der Waals surface area (Å²) in [7, 11) is 0. The third kappa shape index (κ3) is 4.75. The summed E-state index contributed by atoms with van der Waals surface area (Å²) in [5.74, 6) is 0.458. The summed E-state index contributed by atoms with van der Waals surface area (Å²) in [5.41, 5.74) is 3.50. The second kappa shape index (κ2) is 9.35. The standard InChI is InChI=1S/C22H24N4O2S/c27-15-14-25-10-12-26(13-11-25)20(28)16-29-22-21(17-6-2-1-3-7-17)23-18-8-4-5-9-19(18)24-22/h1-9,27H,10-16H2. The molecule has 7 heteroatoms. The monoisotopic (exact) mass is 408 g/mol. The first-order chi connectivity index (χ1) is 14.2. The van der Waals surface area contributed by atoms with E-state index in [0.29, 0.717) is 25.4 Å². The van der Waals surface area contributed by atoms with E-state index in [1.54, 1.807) is 0 Å². The molecule has 4 rings (SSSR count). The second-order valence-corrected chi connectivity index (χ2v) is 7.93. The number of β-amino-alcohol motifs (C(OH)–C–C–N with tert-alkyl or cyclic N) is 1. The Morgan fingerprint density at radius 3 is 2.28 bits per heavy atom. The van der Waals surface area contributed by atoms with Gasteiger partial charge in [-0.25, -0.2) is 9.97 Å². The maximum atomic E-state index is 12.7. The van der Waals surface area contributed by atoms with Gasteiger partial charge in [-0.15, -0.1) is 0 Å². The van der Waals surface area contributed by atoms with Gasteiger partial charge in [-0.05, 0) is 12.1 Å². The molecule has 1 saturated heterocycles. The number of aliphatic hydroxyl groups is 1. The Kier molecular flexibility index (Phi) is 6.39. The van der Waals surface area contributed by atoms with E-state index in [1.165, 1.54) is 11.8 Å². The number of carbonyl (C=O) groups is 1. The van der Waals surface area contributed by atoms with Crippen LogP contribution in [0.3, 0.4) is 0 Å². The van der Waals surface area contributed by atoms with Crippen molar-refractivity contribution in [1.29, 1.82) is 0 Å². The number of para-hydroxylation sites is 2. The van der Waals surface area contributed by atoms with Gasteiger partial charge in [0.2, 0.25) is 5.91 Å². The van der Waals surface area contributed by atoms with Gasteiger partial charge in [0.1, 0.15) is 10.7 Å². The number of aromatic nitrogens is 2. The Morgan fingerprint density at radius 1 is 0.931 bits per heavy atom. The molecule has 29 heavy (non-hydrogen) atoms. The fraction of sp³-hybridized carbons (Fsp3) is 0.318. The molecule has 1 aliphatic rings. The zero-order chi connectivity index (χ0) is 20.1. The highest BCUT2D eigenvalue weighted by atomic mass is 32.2. The van der Waals surface area contributed by atoms with Gasteiger partial charge in [0.25, 0.3) is 0 Å². The van der Waals surface area contributed by atoms with Crippen molar-refractivity contribution in [3.05, 3.63) is 54.6 Å². The van der Waals surface area contributed by atoms with Crippen molar-refractivity contribution in [3.63, 3.8) is 0 Å². The molecule has 2 aromatic carbocycles. The van der Waals surface area contributed by atoms with Crippen molar-refractivity contribution in [1.82, 2.24) is 19.8 Å². The number of fused-ring (bicyclic) bond motifs is 1. The average Bonchev–Trinajstić information content (AvgIpc) is 2.78. The lowest BCUT2D eigenvalue weighted by atomic mass is 10.1. The van der Waals surface area contributed by atoms with E-state index in [9.17, 15) is 4.79 Å². The summed E-state index contributed by atoms with van der Waals surface area (Å²) >= 11 is 1.45. The molecule has 1 aromatic heterocycles. The molecule has 6 nitrogen and oxygen atoms in total. The number of aliphatic hydroxyl groups excluding tert-OH is 1. The molecule has 0 bridgehead atoms. The SMILES string of the molecule is O=C(CSc1nc2ccccc2nc1-c1ccccc1)N1CCN(CCO)CC1. The summed E-state index contributed by atoms with van der Waals surface area (Å²) < 4.78 is 0. The van der Waals surface area contributed by atoms with Gasteiger partial charge in [-0.1, -0.05) is 54.2 Å². The molecule has 3 aromatic rings. The van der Waals surface area contributed by atoms with E-state index in [4.69, 9.17) is 15.1 Å². The van der Waals surface area contributed by atoms with Gasteiger partial charge in [0, 0.05) is 38.3 Å². The Bertz CT molecular complexity index is 975. The summed E-state index contributed by atoms with van der Waals surface area (Å²) in [6, 6.07) is 17.8. The van der Waals surface area contributed by atoms with Gasteiger partial charge in [0.05, 0.1) is 23.4 Å². The van der Waals surface area contributed by atoms with Crippen LogP contribution in [0.2, 0.25) is 0 Å². The number of piperazine rings is 1. The first-order valence-electron chi connectivity index (χ1n) is 9.80. The molecule has 0 radical (unpaired) electrons. The lowest BCUT2D eigenvalue weighted by Crippen LogP contribution is -2.49. The fourth-order valence-corrected chi connectivity index (χ4v) is 4.36. The maximum Gasteiger partial charge on any atom is 0.233 e. The zero-order valence-corrected chi connectivity index (χ0v) is 17.0. The van der Waals surface area contributed by atoms with Crippen LogP contribution < -0.4 is 0 Å². The molecule has 0 atom stereocenters. The highest BCUT2D eigenvalue weighted by Crippen LogP contribution is 2.30. The third-order valence-electron chi connectivity index (χ3n) is 5.06. The summed E-state index contributed by atoms with van der Waals surface area (Å²) in [5, 5.41) is 9.84. The van der Waals surface area contributed by atoms with Crippen molar-refractivity contribution < 1.29 is 9.90 Å². The van der Waals surface area contributed by atoms with Crippen LogP contribution in [0.1, 0.15) is 0 Å². The number of hydrogen-bond acceptors (Lipinski definition) is 6. The summed E-state index contributed by atoms with van der Waals surface area (Å²) in [6.45, 7) is 3.85. The van der Waals surface area contributed by atoms with E-state index in [2.05, 4.69) is 4.90 Å². The van der Waals surface area contributed by atoms with Crippen LogP contribution in [0, 0.1) is 0 Å². The van der Waals surface area contributed by atoms with E-state index >= 15 is 0 Å². The summed E-state index contributed by atoms with van der Waals surface area (Å²) in [6.07, 6.45) is 0. The van der Waals surface area contributed by atoms with Crippen molar-refractivity contribution in [3.8, 4) is 11.3 Å². The van der Waals surface area contributed by atoms with E-state index in [0.717, 1.165) is 40.4 Å². The lowest BCUT2D eigenvalue weighted by molar-refractivity contribution is -0.130. The first-order valence-corrected chi connectivity index (χ1v) is 10.8. The minimum absolute atomic E-state index is 0.118. The molecule has 0 unspecified atom stereocenters. The predicted molar refractivity (Wildman–Crippen MR) is 116 cm³/mol. The molecule has 2 heterocycles. The van der Waals surface area contributed by atoms with Crippen LogP contribution in [0.5, 0.6) is 0 Å². The molecule has 1 amide bonds. The van der Waals surface area contributed by atoms with Crippen molar-refractivity contribution >= 4 is 28.7 Å². The normalized spacial score (nSPS) is 15.0. The predicted octanol–water partition coefficient (Wildman–Crippen LogP) is 2.53. The number of rotatable bonds is 6. The van der Waals surface area contributed by atoms with Crippen LogP contribution in [-0.4, -0.2) is 75.9 Å². The molecule has 1 aliphatic heterocycles. The summed E-state index contributed by atoms with van der Waals surface area (Å²) in [4.78, 5) is 26.4. The van der Waals surface area contributed by atoms with Gasteiger partial charge in [-0.2, -0.15) is 0 Å². The lowest BCUT2D eigenvalue weighted by Gasteiger charge is -2.34. The molecule has 0 saturated carbocycles. The first kappa shape index (κ1) is 19.8. The van der Waals surface area contributed by atoms with Crippen molar-refractivity contribution in [2.45, 2.75) is 5.03 Å². The highest BCUT2D eigenvalue weighted by Gasteiger charge is 2.21. The maximum absolute atomic E-state index is 12.7. The Hall–Kier alpha value is -2.48. The minimum atomic E-state index is 0.118. The minimum Gasteiger partial charge on any atom is -0.395 e. The average molecular weight is 409 g/mol. The number of nitrogens with zero attached hydrogens (tertiary/aromatic N) is 4. The van der Waals surface area contributed by atoms with Crippen LogP contribution in [0.25, 0.3) is 22.3 Å². The molecule has 0 aliphatic carbocycles. The van der Waals surface area contributed by atoms with Crippen molar-refractivity contribution in [2.75, 3.05) is 45.1 Å². The quantitative estimate of drug-likeness (QED) is 0.632. The Labute approximate surface area is 174 Å². The molecular weight excluding hydrogens is 384 g/mol. The van der Waals surface area contributed by atoms with Crippen LogP contribution in [-0.2, 0) is 4.79 Å². The molecule has 150 valence electrons. The topological polar surface area (TPSA) is 69.6 Å². The largest absolute Gasteiger partial charge is 0.395 e. The molecule has 1 fully saturated rings. The second-order valence-electron chi connectivity index (χ2n) is 6.97. The van der Waals surface area contributed by atoms with Gasteiger partial charge >= 0.3 is 0 Å². The van der Waals surface area contributed by atoms with Crippen LogP contribution in [0.4, 0.5) is 0 Å². The van der Waals surface area contributed by atoms with Gasteiger partial charge < -0.3 is 10.0 Å². The van der Waals surface area contributed by atoms with Crippen LogP contribution in [0.15, 0.2) is 59.6 Å². The Morgan fingerprint density at radius 2 is 1.59 bits per heavy atom. The number of thioether (sulfide) groups is 1. The van der Waals surface area contributed by atoms with E-state index < -0.39 is 0 Å². The van der Waals surface area contributed by atoms with Gasteiger partial charge in [0.15, 0.2) is 0 Å². The van der Waals surface area contributed by atoms with Crippen molar-refractivity contribution in [2.24, 2.45) is 0 Å². The highest BCUT2D eigenvalue weighted by molar-refractivity contribution is 8.00. The van der Waals surface area contributed by atoms with Gasteiger partial charge in [-0.3, -0.25) is 9.69 Å². The number of benzene rings is 2. The van der Waals surface area contributed by atoms with Crippen LogP contribution >= 0.6 is 11.8 Å². The Balaban J connectivity index is 1.51. The molecule has 1 N–H and O–H groups in total. The smallest absolute Gasteiger partial charge is 0.233 e. The van der Waals surface area contributed by atoms with E-state index in [1.807, 2.05) is 59.5 Å².